The van der Waals surface area contributed by atoms with Crippen molar-refractivity contribution < 1.29 is 17.9 Å². The average Bonchev–Trinajstić information content (AvgIpc) is 3.35. The van der Waals surface area contributed by atoms with E-state index in [1.165, 1.54) is 30.6 Å². The number of benzene rings is 2. The molecular formula is C21H20N4O4S2. The largest absolute Gasteiger partial charge is 0.497 e. The van der Waals surface area contributed by atoms with Gasteiger partial charge >= 0.3 is 0 Å². The average molecular weight is 457 g/mol. The van der Waals surface area contributed by atoms with E-state index in [1.54, 1.807) is 22.9 Å². The molecule has 8 nitrogen and oxygen atoms in total. The van der Waals surface area contributed by atoms with Crippen LogP contribution in [-0.2, 0) is 14.6 Å². The number of fused-ring (bicyclic) bond motifs is 1. The van der Waals surface area contributed by atoms with Crippen molar-refractivity contribution in [2.75, 3.05) is 18.2 Å². The lowest BCUT2D eigenvalue weighted by Crippen LogP contribution is -2.19. The van der Waals surface area contributed by atoms with Gasteiger partial charge in [-0.3, -0.25) is 4.79 Å². The fourth-order valence-electron chi connectivity index (χ4n) is 3.02. The van der Waals surface area contributed by atoms with Gasteiger partial charge in [-0.25, -0.2) is 13.4 Å². The summed E-state index contributed by atoms with van der Waals surface area (Å²) in [4.78, 5) is 17.2. The minimum Gasteiger partial charge on any atom is -0.497 e. The molecule has 2 heterocycles. The molecule has 0 saturated carbocycles. The molecule has 0 unspecified atom stereocenters. The van der Waals surface area contributed by atoms with Gasteiger partial charge in [-0.1, -0.05) is 23.5 Å². The Kier molecular flexibility index (Phi) is 5.75. The van der Waals surface area contributed by atoms with Crippen LogP contribution in [0, 0.1) is 6.92 Å². The first kappa shape index (κ1) is 21.0. The van der Waals surface area contributed by atoms with E-state index in [9.17, 15) is 13.2 Å². The van der Waals surface area contributed by atoms with E-state index in [0.717, 1.165) is 10.2 Å². The summed E-state index contributed by atoms with van der Waals surface area (Å²) in [7, 11) is -2.09. The number of hydrogen-bond donors (Lipinski definition) is 1. The normalized spacial score (nSPS) is 11.5. The van der Waals surface area contributed by atoms with Gasteiger partial charge in [0.15, 0.2) is 9.84 Å². The Labute approximate surface area is 183 Å². The van der Waals surface area contributed by atoms with Crippen molar-refractivity contribution in [1.82, 2.24) is 14.8 Å². The fraction of sp³-hybridized carbons (Fsp3) is 0.190. The van der Waals surface area contributed by atoms with Crippen LogP contribution in [0.3, 0.4) is 0 Å². The van der Waals surface area contributed by atoms with Crippen molar-refractivity contribution in [2.45, 2.75) is 18.2 Å². The lowest BCUT2D eigenvalue weighted by molar-refractivity contribution is -0.115. The molecule has 0 aliphatic rings. The van der Waals surface area contributed by atoms with Crippen molar-refractivity contribution >= 4 is 43.1 Å². The standard InChI is InChI=1S/C21H20N4O4S2/c1-14-13-19(25(24-14)21-22-17-5-3-4-6-18(17)30-21)23-20(26)11-12-31(27,28)16-9-7-15(29-2)8-10-16/h3-10,13H,11-12H2,1-2H3,(H,23,26). The molecule has 2 aromatic carbocycles. The molecule has 0 aliphatic carbocycles. The van der Waals surface area contributed by atoms with Gasteiger partial charge in [0.1, 0.15) is 11.6 Å². The number of hydrogen-bond acceptors (Lipinski definition) is 7. The topological polar surface area (TPSA) is 103 Å². The summed E-state index contributed by atoms with van der Waals surface area (Å²) in [6.45, 7) is 1.81. The molecule has 0 spiro atoms. The predicted octanol–water partition coefficient (Wildman–Crippen LogP) is 3.60. The number of carbonyl (C=O) groups excluding carboxylic acids is 1. The van der Waals surface area contributed by atoms with E-state index in [1.807, 2.05) is 31.2 Å². The van der Waals surface area contributed by atoms with E-state index in [4.69, 9.17) is 4.74 Å². The maximum atomic E-state index is 12.5. The Bertz CT molecular complexity index is 1310. The van der Waals surface area contributed by atoms with Crippen molar-refractivity contribution in [2.24, 2.45) is 0 Å². The highest BCUT2D eigenvalue weighted by Crippen LogP contribution is 2.27. The minimum atomic E-state index is -3.60. The number of nitrogens with zero attached hydrogens (tertiary/aromatic N) is 3. The summed E-state index contributed by atoms with van der Waals surface area (Å²) in [6, 6.07) is 15.5. The van der Waals surface area contributed by atoms with Crippen LogP contribution in [0.4, 0.5) is 5.82 Å². The van der Waals surface area contributed by atoms with Gasteiger partial charge in [0, 0.05) is 12.5 Å². The summed E-state index contributed by atoms with van der Waals surface area (Å²) in [5.41, 5.74) is 1.55. The third-order valence-corrected chi connectivity index (χ3v) is 7.32. The Balaban J connectivity index is 1.47. The predicted molar refractivity (Wildman–Crippen MR) is 120 cm³/mol. The Morgan fingerprint density at radius 3 is 2.61 bits per heavy atom. The maximum absolute atomic E-state index is 12.5. The van der Waals surface area contributed by atoms with E-state index < -0.39 is 15.7 Å². The lowest BCUT2D eigenvalue weighted by atomic mass is 10.3. The van der Waals surface area contributed by atoms with Crippen LogP contribution >= 0.6 is 11.3 Å². The zero-order chi connectivity index (χ0) is 22.0. The molecule has 0 saturated heterocycles. The quantitative estimate of drug-likeness (QED) is 0.456. The van der Waals surface area contributed by atoms with Crippen LogP contribution in [0.25, 0.3) is 15.3 Å². The molecule has 1 amide bonds. The number of aromatic nitrogens is 3. The fourth-order valence-corrected chi connectivity index (χ4v) is 5.19. The van der Waals surface area contributed by atoms with Gasteiger partial charge in [0.2, 0.25) is 11.0 Å². The van der Waals surface area contributed by atoms with E-state index in [0.29, 0.717) is 22.4 Å². The maximum Gasteiger partial charge on any atom is 0.226 e. The Hall–Kier alpha value is -3.24. The van der Waals surface area contributed by atoms with Crippen LogP contribution in [0.1, 0.15) is 12.1 Å². The van der Waals surface area contributed by atoms with Crippen molar-refractivity contribution in [1.29, 1.82) is 0 Å². The van der Waals surface area contributed by atoms with Gasteiger partial charge in [-0.2, -0.15) is 9.78 Å². The molecule has 160 valence electrons. The molecule has 0 fully saturated rings. The number of methoxy groups -OCH3 is 1. The molecule has 4 aromatic rings. The summed E-state index contributed by atoms with van der Waals surface area (Å²) in [5.74, 6) is 0.289. The van der Waals surface area contributed by atoms with E-state index >= 15 is 0 Å². The second-order valence-electron chi connectivity index (χ2n) is 6.84. The van der Waals surface area contributed by atoms with E-state index in [2.05, 4.69) is 15.4 Å². The van der Waals surface area contributed by atoms with Gasteiger partial charge in [0.05, 0.1) is 33.7 Å². The first-order valence-corrected chi connectivity index (χ1v) is 11.9. The molecule has 2 aromatic heterocycles. The smallest absolute Gasteiger partial charge is 0.226 e. The molecule has 0 atom stereocenters. The van der Waals surface area contributed by atoms with Crippen LogP contribution in [-0.4, -0.2) is 42.0 Å². The lowest BCUT2D eigenvalue weighted by Gasteiger charge is -2.08. The SMILES string of the molecule is COc1ccc(S(=O)(=O)CCC(=O)Nc2cc(C)nn2-c2nc3ccccc3s2)cc1. The number of carbonyl (C=O) groups is 1. The number of nitrogens with one attached hydrogen (secondary N) is 1. The molecule has 0 bridgehead atoms. The number of amides is 1. The first-order valence-electron chi connectivity index (χ1n) is 9.45. The van der Waals surface area contributed by atoms with Crippen molar-refractivity contribution in [3.05, 3.63) is 60.3 Å². The molecule has 0 radical (unpaired) electrons. The summed E-state index contributed by atoms with van der Waals surface area (Å²) < 4.78 is 32.7. The highest BCUT2D eigenvalue weighted by Gasteiger charge is 2.19. The molecule has 1 N–H and O–H groups in total. The molecule has 31 heavy (non-hydrogen) atoms. The Morgan fingerprint density at radius 1 is 1.16 bits per heavy atom. The van der Waals surface area contributed by atoms with E-state index in [-0.39, 0.29) is 17.1 Å². The molecule has 0 aliphatic heterocycles. The van der Waals surface area contributed by atoms with Gasteiger partial charge in [0.25, 0.3) is 0 Å². The van der Waals surface area contributed by atoms with Crippen molar-refractivity contribution in [3.63, 3.8) is 0 Å². The molecule has 10 heteroatoms. The number of ether oxygens (including phenoxy) is 1. The second kappa shape index (κ2) is 8.48. The first-order chi connectivity index (χ1) is 14.9. The van der Waals surface area contributed by atoms with Crippen molar-refractivity contribution in [3.8, 4) is 10.9 Å². The van der Waals surface area contributed by atoms with Gasteiger partial charge in [-0.15, -0.1) is 0 Å². The van der Waals surface area contributed by atoms with Crippen LogP contribution in [0.2, 0.25) is 0 Å². The van der Waals surface area contributed by atoms with Crippen LogP contribution in [0.15, 0.2) is 59.5 Å². The minimum absolute atomic E-state index is 0.150. The molecule has 4 rings (SSSR count). The zero-order valence-corrected chi connectivity index (χ0v) is 18.5. The highest BCUT2D eigenvalue weighted by molar-refractivity contribution is 7.91. The van der Waals surface area contributed by atoms with Crippen LogP contribution < -0.4 is 10.1 Å². The summed E-state index contributed by atoms with van der Waals surface area (Å²) in [5, 5.41) is 7.80. The van der Waals surface area contributed by atoms with Crippen LogP contribution in [0.5, 0.6) is 5.75 Å². The monoisotopic (exact) mass is 456 g/mol. The second-order valence-corrected chi connectivity index (χ2v) is 9.96. The Morgan fingerprint density at radius 2 is 1.90 bits per heavy atom. The third kappa shape index (κ3) is 4.59. The zero-order valence-electron chi connectivity index (χ0n) is 16.9. The molecular weight excluding hydrogens is 436 g/mol. The third-order valence-electron chi connectivity index (χ3n) is 4.58. The highest BCUT2D eigenvalue weighted by atomic mass is 32.2. The number of sulfone groups is 1. The number of anilines is 1. The van der Waals surface area contributed by atoms with Gasteiger partial charge < -0.3 is 10.1 Å². The summed E-state index contributed by atoms with van der Waals surface area (Å²) in [6.07, 6.45) is -0.182. The number of thiazole rings is 1. The number of rotatable bonds is 7. The number of aryl methyl sites for hydroxylation is 1. The van der Waals surface area contributed by atoms with Gasteiger partial charge in [-0.05, 0) is 43.3 Å². The number of para-hydroxylation sites is 1. The summed E-state index contributed by atoms with van der Waals surface area (Å²) >= 11 is 1.45.